The molecular weight excluding hydrogens is 757 g/mol. The summed E-state index contributed by atoms with van der Waals surface area (Å²) in [6.07, 6.45) is 0. The van der Waals surface area contributed by atoms with Crippen molar-refractivity contribution in [2.45, 2.75) is 39.9 Å². The van der Waals surface area contributed by atoms with E-state index in [0.29, 0.717) is 0 Å². The summed E-state index contributed by atoms with van der Waals surface area (Å²) in [7, 11) is -13.9. The van der Waals surface area contributed by atoms with Gasteiger partial charge in [0.1, 0.15) is 0 Å². The minimum Gasteiger partial charge on any atom is -0.743 e. The predicted molar refractivity (Wildman–Crippen MR) is 192 cm³/mol. The fraction of sp³-hybridized carbons (Fsp3) is 0.0526. The molecule has 6 nitrogen and oxygen atoms in total. The zero-order chi connectivity index (χ0) is 37.8. The first-order valence-electron chi connectivity index (χ1n) is 15.1. The van der Waals surface area contributed by atoms with E-state index in [9.17, 15) is 43.5 Å². The molecule has 0 fully saturated rings. The summed E-state index contributed by atoms with van der Waals surface area (Å²) >= 11 is 0. The van der Waals surface area contributed by atoms with Crippen LogP contribution in [0.15, 0.2) is 211 Å². The van der Waals surface area contributed by atoms with Gasteiger partial charge >= 0.3 is 10.5 Å². The van der Waals surface area contributed by atoms with Crippen molar-refractivity contribution < 1.29 is 43.5 Å². The van der Waals surface area contributed by atoms with Gasteiger partial charge in [0, 0.05) is 0 Å². The number of benzene rings is 6. The van der Waals surface area contributed by atoms with Gasteiger partial charge in [0.05, 0.1) is 21.8 Å². The molecule has 52 heavy (non-hydrogen) atoms. The lowest BCUT2D eigenvalue weighted by Crippen LogP contribution is -2.51. The van der Waals surface area contributed by atoms with Gasteiger partial charge in [-0.15, -0.1) is 0 Å². The van der Waals surface area contributed by atoms with Gasteiger partial charge in [-0.3, -0.25) is 0 Å². The van der Waals surface area contributed by atoms with Crippen molar-refractivity contribution in [3.63, 3.8) is 0 Å². The molecule has 0 radical (unpaired) electrons. The quantitative estimate of drug-likeness (QED) is 0.0823. The van der Waals surface area contributed by atoms with Crippen LogP contribution in [0.1, 0.15) is 0 Å². The fourth-order valence-electron chi connectivity index (χ4n) is 4.45. The van der Waals surface area contributed by atoms with Crippen molar-refractivity contribution in [3.05, 3.63) is 182 Å². The Morgan fingerprint density at radius 2 is 0.462 bits per heavy atom. The SMILES string of the molecule is O=S(=O)([O-])C(F)(F)C(F)(F)S(=O)(=O)[O-].c1ccc([S+](c2ccccc2)c2ccccc2)cc1.c1ccc([S+](c2ccccc2)c2ccccc2)cc1. The van der Waals surface area contributed by atoms with E-state index in [1.807, 2.05) is 0 Å². The summed E-state index contributed by atoms with van der Waals surface area (Å²) < 4.78 is 105. The van der Waals surface area contributed by atoms with Crippen molar-refractivity contribution in [1.82, 2.24) is 0 Å². The van der Waals surface area contributed by atoms with Crippen LogP contribution in [-0.4, -0.2) is 36.5 Å². The first kappa shape index (κ1) is 40.3. The van der Waals surface area contributed by atoms with E-state index in [2.05, 4.69) is 182 Å². The van der Waals surface area contributed by atoms with Crippen molar-refractivity contribution in [1.29, 1.82) is 0 Å². The van der Waals surface area contributed by atoms with Gasteiger partial charge in [0.25, 0.3) is 0 Å². The zero-order valence-electron chi connectivity index (χ0n) is 26.9. The van der Waals surface area contributed by atoms with Gasteiger partial charge in [0.2, 0.25) is 0 Å². The molecular formula is C38H30F4O6S4. The van der Waals surface area contributed by atoms with E-state index in [-0.39, 0.29) is 21.8 Å². The van der Waals surface area contributed by atoms with Crippen LogP contribution in [0, 0.1) is 0 Å². The number of rotatable bonds is 9. The van der Waals surface area contributed by atoms with Crippen LogP contribution in [0.25, 0.3) is 0 Å². The Kier molecular flexibility index (Phi) is 13.9. The Morgan fingerprint density at radius 3 is 0.577 bits per heavy atom. The molecule has 0 aliphatic rings. The molecule has 0 saturated carbocycles. The molecule has 0 atom stereocenters. The average molecular weight is 787 g/mol. The summed E-state index contributed by atoms with van der Waals surface area (Å²) in [4.78, 5) is 8.17. The second kappa shape index (κ2) is 17.9. The van der Waals surface area contributed by atoms with Crippen LogP contribution in [0.5, 0.6) is 0 Å². The van der Waals surface area contributed by atoms with Gasteiger partial charge in [-0.1, -0.05) is 109 Å². The van der Waals surface area contributed by atoms with Crippen LogP contribution >= 0.6 is 0 Å². The van der Waals surface area contributed by atoms with Crippen LogP contribution in [0.4, 0.5) is 17.6 Å². The van der Waals surface area contributed by atoms with Crippen molar-refractivity contribution in [2.24, 2.45) is 0 Å². The van der Waals surface area contributed by atoms with Gasteiger partial charge in [-0.2, -0.15) is 17.6 Å². The van der Waals surface area contributed by atoms with E-state index < -0.39 is 30.7 Å². The second-order valence-electron chi connectivity index (χ2n) is 10.4. The third kappa shape index (κ3) is 10.1. The molecule has 6 aromatic carbocycles. The molecule has 0 saturated heterocycles. The van der Waals surface area contributed by atoms with Crippen LogP contribution < -0.4 is 0 Å². The molecule has 0 bridgehead atoms. The Hall–Kier alpha value is -4.44. The molecule has 0 aliphatic carbocycles. The highest BCUT2D eigenvalue weighted by Gasteiger charge is 2.66. The Morgan fingerprint density at radius 1 is 0.327 bits per heavy atom. The second-order valence-corrected chi connectivity index (χ2v) is 17.3. The maximum absolute atomic E-state index is 12.0. The van der Waals surface area contributed by atoms with Crippen LogP contribution in [-0.2, 0) is 42.0 Å². The zero-order valence-corrected chi connectivity index (χ0v) is 30.2. The molecule has 0 N–H and O–H groups in total. The molecule has 0 unspecified atom stereocenters. The number of hydrogen-bond donors (Lipinski definition) is 0. The van der Waals surface area contributed by atoms with Gasteiger partial charge in [0.15, 0.2) is 49.6 Å². The van der Waals surface area contributed by atoms with Crippen LogP contribution in [0.2, 0.25) is 0 Å². The molecule has 14 heteroatoms. The van der Waals surface area contributed by atoms with E-state index in [1.54, 1.807) is 0 Å². The summed E-state index contributed by atoms with van der Waals surface area (Å²) in [6.45, 7) is 0. The molecule has 0 aliphatic heterocycles. The lowest BCUT2D eigenvalue weighted by molar-refractivity contribution is -0.106. The molecule has 6 aromatic rings. The highest BCUT2D eigenvalue weighted by Crippen LogP contribution is 2.41. The molecule has 0 heterocycles. The monoisotopic (exact) mass is 786 g/mol. The van der Waals surface area contributed by atoms with E-state index in [4.69, 9.17) is 0 Å². The fourth-order valence-corrected chi connectivity index (χ4v) is 9.85. The third-order valence-corrected chi connectivity index (χ3v) is 13.2. The predicted octanol–water partition coefficient (Wildman–Crippen LogP) is 8.83. The first-order chi connectivity index (χ1) is 24.6. The Bertz CT molecular complexity index is 1840. The molecule has 6 rings (SSSR count). The molecule has 0 aromatic heterocycles. The summed E-state index contributed by atoms with van der Waals surface area (Å²) in [5, 5.41) is -13.0. The topological polar surface area (TPSA) is 114 Å². The van der Waals surface area contributed by atoms with E-state index >= 15 is 0 Å². The minimum atomic E-state index is -6.96. The van der Waals surface area contributed by atoms with Crippen molar-refractivity contribution in [2.75, 3.05) is 0 Å². The van der Waals surface area contributed by atoms with Crippen LogP contribution in [0.3, 0.4) is 0 Å². The lowest BCUT2D eigenvalue weighted by Gasteiger charge is -2.29. The normalized spacial score (nSPS) is 11.9. The Labute approximate surface area is 306 Å². The maximum atomic E-state index is 12.0. The van der Waals surface area contributed by atoms with Gasteiger partial charge < -0.3 is 9.11 Å². The molecule has 0 spiro atoms. The average Bonchev–Trinajstić information content (AvgIpc) is 3.14. The number of hydrogen-bond acceptors (Lipinski definition) is 6. The highest BCUT2D eigenvalue weighted by molar-refractivity contribution is 7.97. The minimum absolute atomic E-state index is 0.0146. The van der Waals surface area contributed by atoms with Crippen molar-refractivity contribution >= 4 is 42.0 Å². The first-order valence-corrected chi connectivity index (χ1v) is 20.4. The largest absolute Gasteiger partial charge is 0.743 e. The van der Waals surface area contributed by atoms with Crippen molar-refractivity contribution in [3.8, 4) is 0 Å². The number of alkyl halides is 4. The smallest absolute Gasteiger partial charge is 0.409 e. The van der Waals surface area contributed by atoms with E-state index in [1.165, 1.54) is 29.4 Å². The summed E-state index contributed by atoms with van der Waals surface area (Å²) in [5.74, 6) is 0. The van der Waals surface area contributed by atoms with E-state index in [0.717, 1.165) is 0 Å². The third-order valence-electron chi connectivity index (χ3n) is 6.84. The lowest BCUT2D eigenvalue weighted by atomic mass is 10.4. The van der Waals surface area contributed by atoms with Gasteiger partial charge in [-0.25, -0.2) is 16.8 Å². The summed E-state index contributed by atoms with van der Waals surface area (Å²) in [6, 6.07) is 64.3. The van der Waals surface area contributed by atoms with Gasteiger partial charge in [-0.05, 0) is 72.8 Å². The standard InChI is InChI=1S/2C18H15S.C2H2F4O6S2/c2*1-4-10-16(11-5-1)19(17-12-6-2-7-13-17)18-14-8-3-9-15-18;3-1(4,13(7,8)9)2(5,6)14(10,11)12/h2*1-15H;(H,7,8,9)(H,10,11,12)/q2*+1;/p-2. The molecule has 0 amide bonds. The number of halogens is 4. The Balaban J connectivity index is 0.000000178. The summed E-state index contributed by atoms with van der Waals surface area (Å²) in [5.41, 5.74) is 0. The maximum Gasteiger partial charge on any atom is 0.409 e. The highest BCUT2D eigenvalue weighted by atomic mass is 32.2. The molecule has 270 valence electrons.